The number of benzene rings is 1. The molecule has 1 aromatic carbocycles. The largest absolute Gasteiger partial charge is 0.384 e. The quantitative estimate of drug-likeness (QED) is 0.854. The molecule has 1 aliphatic heterocycles. The summed E-state index contributed by atoms with van der Waals surface area (Å²) in [5, 5.41) is 6.05. The summed E-state index contributed by atoms with van der Waals surface area (Å²) in [5.74, 6) is -0.0590. The van der Waals surface area contributed by atoms with Crippen molar-refractivity contribution >= 4 is 11.6 Å². The fourth-order valence-electron chi connectivity index (χ4n) is 1.96. The number of aryl methyl sites for hydroxylation is 1. The molecule has 1 amide bonds. The topological polar surface area (TPSA) is 50.4 Å². The Hall–Kier alpha value is -1.55. The first-order valence-electron chi connectivity index (χ1n) is 6.18. The van der Waals surface area contributed by atoms with Crippen LogP contribution in [0.5, 0.6) is 0 Å². The maximum atomic E-state index is 11.6. The normalized spacial score (nSPS) is 16.8. The van der Waals surface area contributed by atoms with Crippen LogP contribution < -0.4 is 10.6 Å². The summed E-state index contributed by atoms with van der Waals surface area (Å²) >= 11 is 0. The predicted molar refractivity (Wildman–Crippen MR) is 72.0 cm³/mol. The maximum Gasteiger partial charge on any atom is 0.251 e. The van der Waals surface area contributed by atoms with E-state index in [9.17, 15) is 4.79 Å². The number of amides is 1. The molecular weight excluding hydrogens is 228 g/mol. The van der Waals surface area contributed by atoms with Crippen molar-refractivity contribution in [3.8, 4) is 0 Å². The van der Waals surface area contributed by atoms with E-state index in [0.29, 0.717) is 5.56 Å². The lowest BCUT2D eigenvalue weighted by atomic mass is 9.88. The number of carbonyl (C=O) groups is 1. The van der Waals surface area contributed by atoms with Crippen molar-refractivity contribution in [1.29, 1.82) is 0 Å². The lowest BCUT2D eigenvalue weighted by Crippen LogP contribution is -2.45. The second-order valence-corrected chi connectivity index (χ2v) is 5.27. The zero-order chi connectivity index (χ0) is 13.2. The van der Waals surface area contributed by atoms with Gasteiger partial charge in [0.2, 0.25) is 0 Å². The van der Waals surface area contributed by atoms with E-state index in [0.717, 1.165) is 31.0 Å². The average Bonchev–Trinajstić information content (AvgIpc) is 2.34. The lowest BCUT2D eigenvalue weighted by Gasteiger charge is -2.38. The van der Waals surface area contributed by atoms with E-state index in [2.05, 4.69) is 17.6 Å². The number of rotatable bonds is 4. The first-order chi connectivity index (χ1) is 8.54. The molecule has 2 rings (SSSR count). The fraction of sp³-hybridized carbons (Fsp3) is 0.500. The van der Waals surface area contributed by atoms with Crippen LogP contribution in [-0.2, 0) is 4.74 Å². The number of ether oxygens (including phenoxy) is 1. The molecule has 0 aliphatic carbocycles. The molecule has 2 N–H and O–H groups in total. The fourth-order valence-corrected chi connectivity index (χ4v) is 1.96. The van der Waals surface area contributed by atoms with Crippen molar-refractivity contribution in [3.63, 3.8) is 0 Å². The molecule has 1 aliphatic rings. The van der Waals surface area contributed by atoms with E-state index in [1.165, 1.54) is 0 Å². The first-order valence-corrected chi connectivity index (χ1v) is 6.18. The second kappa shape index (κ2) is 4.98. The molecule has 0 bridgehead atoms. The minimum Gasteiger partial charge on any atom is -0.384 e. The van der Waals surface area contributed by atoms with Gasteiger partial charge in [0.05, 0.1) is 13.2 Å². The summed E-state index contributed by atoms with van der Waals surface area (Å²) in [4.78, 5) is 11.6. The van der Waals surface area contributed by atoms with Gasteiger partial charge in [-0.1, -0.05) is 13.0 Å². The smallest absolute Gasteiger partial charge is 0.251 e. The van der Waals surface area contributed by atoms with Crippen LogP contribution in [0.15, 0.2) is 18.2 Å². The Morgan fingerprint density at radius 2 is 2.17 bits per heavy atom. The summed E-state index contributed by atoms with van der Waals surface area (Å²) in [6.45, 7) is 6.70. The van der Waals surface area contributed by atoms with Crippen LogP contribution in [0, 0.1) is 12.3 Å². The molecule has 0 saturated carbocycles. The summed E-state index contributed by atoms with van der Waals surface area (Å²) in [7, 11) is 1.64. The van der Waals surface area contributed by atoms with Crippen LogP contribution in [0.25, 0.3) is 0 Å². The van der Waals surface area contributed by atoms with Gasteiger partial charge < -0.3 is 15.4 Å². The van der Waals surface area contributed by atoms with Crippen molar-refractivity contribution in [2.24, 2.45) is 5.41 Å². The Balaban J connectivity index is 2.08. The summed E-state index contributed by atoms with van der Waals surface area (Å²) in [6.07, 6.45) is 0. The highest BCUT2D eigenvalue weighted by Gasteiger charge is 2.33. The zero-order valence-electron chi connectivity index (χ0n) is 11.2. The molecule has 1 heterocycles. The van der Waals surface area contributed by atoms with E-state index in [-0.39, 0.29) is 11.3 Å². The predicted octanol–water partition coefficient (Wildman–Crippen LogP) is 1.80. The van der Waals surface area contributed by atoms with Gasteiger partial charge in [0.1, 0.15) is 0 Å². The number of nitrogens with one attached hydrogen (secondary N) is 2. The van der Waals surface area contributed by atoms with E-state index in [4.69, 9.17) is 4.74 Å². The van der Waals surface area contributed by atoms with Gasteiger partial charge in [0.25, 0.3) is 5.91 Å². The minimum absolute atomic E-state index is 0.0590. The molecule has 4 nitrogen and oxygen atoms in total. The second-order valence-electron chi connectivity index (χ2n) is 5.27. The van der Waals surface area contributed by atoms with Gasteiger partial charge in [-0.15, -0.1) is 0 Å². The van der Waals surface area contributed by atoms with Crippen molar-refractivity contribution in [2.75, 3.05) is 32.1 Å². The molecule has 0 spiro atoms. The van der Waals surface area contributed by atoms with E-state index in [1.54, 1.807) is 7.05 Å². The van der Waals surface area contributed by atoms with Gasteiger partial charge in [0, 0.05) is 30.3 Å². The third-order valence-corrected chi connectivity index (χ3v) is 3.33. The van der Waals surface area contributed by atoms with Gasteiger partial charge in [-0.3, -0.25) is 4.79 Å². The molecule has 98 valence electrons. The van der Waals surface area contributed by atoms with E-state index >= 15 is 0 Å². The lowest BCUT2D eigenvalue weighted by molar-refractivity contribution is -0.0924. The summed E-state index contributed by atoms with van der Waals surface area (Å²) in [5.41, 5.74) is 3.06. The number of anilines is 1. The van der Waals surface area contributed by atoms with Gasteiger partial charge in [-0.25, -0.2) is 0 Å². The molecule has 0 atom stereocenters. The molecule has 18 heavy (non-hydrogen) atoms. The summed E-state index contributed by atoms with van der Waals surface area (Å²) < 4.78 is 5.23. The Kier molecular flexibility index (Phi) is 3.57. The van der Waals surface area contributed by atoms with Crippen LogP contribution in [0.4, 0.5) is 5.69 Å². The molecule has 1 aromatic rings. The number of carbonyl (C=O) groups excluding carboxylic acids is 1. The van der Waals surface area contributed by atoms with Crippen LogP contribution in [0.1, 0.15) is 22.8 Å². The highest BCUT2D eigenvalue weighted by molar-refractivity contribution is 5.95. The third kappa shape index (κ3) is 2.64. The average molecular weight is 248 g/mol. The van der Waals surface area contributed by atoms with E-state index < -0.39 is 0 Å². The Morgan fingerprint density at radius 1 is 1.44 bits per heavy atom. The number of hydrogen-bond acceptors (Lipinski definition) is 3. The highest BCUT2D eigenvalue weighted by atomic mass is 16.5. The SMILES string of the molecule is CNC(=O)c1ccc(C)c(NCC2(C)COC2)c1. The Morgan fingerprint density at radius 3 is 2.72 bits per heavy atom. The molecule has 4 heteroatoms. The molecule has 1 saturated heterocycles. The van der Waals surface area contributed by atoms with Gasteiger partial charge in [-0.2, -0.15) is 0 Å². The standard InChI is InChI=1S/C14H20N2O2/c1-10-4-5-11(13(17)15-3)6-12(10)16-7-14(2)8-18-9-14/h4-6,16H,7-9H2,1-3H3,(H,15,17). The van der Waals surface area contributed by atoms with E-state index in [1.807, 2.05) is 25.1 Å². The molecule has 1 fully saturated rings. The van der Waals surface area contributed by atoms with Gasteiger partial charge in [0.15, 0.2) is 0 Å². The van der Waals surface area contributed by atoms with Crippen molar-refractivity contribution < 1.29 is 9.53 Å². The number of hydrogen-bond donors (Lipinski definition) is 2. The van der Waals surface area contributed by atoms with Crippen LogP contribution in [0.3, 0.4) is 0 Å². The third-order valence-electron chi connectivity index (χ3n) is 3.33. The van der Waals surface area contributed by atoms with Crippen molar-refractivity contribution in [2.45, 2.75) is 13.8 Å². The Labute approximate surface area is 108 Å². The van der Waals surface area contributed by atoms with Crippen molar-refractivity contribution in [1.82, 2.24) is 5.32 Å². The monoisotopic (exact) mass is 248 g/mol. The van der Waals surface area contributed by atoms with Gasteiger partial charge >= 0.3 is 0 Å². The highest BCUT2D eigenvalue weighted by Crippen LogP contribution is 2.27. The molecule has 0 aromatic heterocycles. The maximum absolute atomic E-state index is 11.6. The van der Waals surface area contributed by atoms with Crippen molar-refractivity contribution in [3.05, 3.63) is 29.3 Å². The minimum atomic E-state index is -0.0590. The zero-order valence-corrected chi connectivity index (χ0v) is 11.2. The van der Waals surface area contributed by atoms with Gasteiger partial charge in [-0.05, 0) is 24.6 Å². The first kappa shape index (κ1) is 12.9. The van der Waals surface area contributed by atoms with Crippen LogP contribution >= 0.6 is 0 Å². The molecule has 0 radical (unpaired) electrons. The summed E-state index contributed by atoms with van der Waals surface area (Å²) in [6, 6.07) is 5.71. The van der Waals surface area contributed by atoms with Crippen LogP contribution in [-0.4, -0.2) is 32.7 Å². The Bertz CT molecular complexity index is 453. The molecular formula is C14H20N2O2. The molecule has 0 unspecified atom stereocenters. The van der Waals surface area contributed by atoms with Crippen LogP contribution in [0.2, 0.25) is 0 Å².